The van der Waals surface area contributed by atoms with Gasteiger partial charge in [-0.15, -0.1) is 0 Å². The van der Waals surface area contributed by atoms with Crippen LogP contribution >= 0.6 is 0 Å². The van der Waals surface area contributed by atoms with Crippen molar-refractivity contribution in [3.05, 3.63) is 246 Å². The highest BCUT2D eigenvalue weighted by Gasteiger charge is 2.32. The number of aromatic hydroxyl groups is 1. The van der Waals surface area contributed by atoms with Crippen LogP contribution in [0, 0.1) is 13.8 Å². The lowest BCUT2D eigenvalue weighted by Gasteiger charge is -2.33. The first-order valence-corrected chi connectivity index (χ1v) is 30.9. The third-order valence-electron chi connectivity index (χ3n) is 19.2. The molecule has 4 nitrogen and oxygen atoms in total. The van der Waals surface area contributed by atoms with E-state index in [0.717, 1.165) is 122 Å². The van der Waals surface area contributed by atoms with Crippen LogP contribution in [0.3, 0.4) is 0 Å². The van der Waals surface area contributed by atoms with E-state index in [1.54, 1.807) is 0 Å². The van der Waals surface area contributed by atoms with Gasteiger partial charge in [0.15, 0.2) is 5.58 Å². The fourth-order valence-electron chi connectivity index (χ4n) is 15.1. The second-order valence-electron chi connectivity index (χ2n) is 24.0. The fraction of sp³-hybridized carbons (Fsp3) is 0.200. The lowest BCUT2D eigenvalue weighted by atomic mass is 9.82. The second-order valence-corrected chi connectivity index (χ2v) is 24.0. The number of para-hydroxylation sites is 4. The summed E-state index contributed by atoms with van der Waals surface area (Å²) in [4.78, 5) is 4.92. The SMILES string of the molecule is CCc1ccccc1-c1cccc(-c2cccc(N(c3ccccc3C)c3cc(C4CCCC4)c4ccc5c(N(c6cccc(C)c6)c6cccc7c6oc6c(-c8ccccc8CC)cccc67)cc(C6CCCC6)c6ccc3c4c65)c2O)c1. The average molecular weight is 1090 g/mol. The van der Waals surface area contributed by atoms with E-state index in [-0.39, 0.29) is 5.75 Å². The van der Waals surface area contributed by atoms with Gasteiger partial charge in [-0.05, 0) is 190 Å². The predicted molar refractivity (Wildman–Crippen MR) is 355 cm³/mol. The van der Waals surface area contributed by atoms with Crippen molar-refractivity contribution in [1.29, 1.82) is 0 Å². The van der Waals surface area contributed by atoms with Gasteiger partial charge < -0.3 is 19.3 Å². The Morgan fingerprint density at radius 2 is 0.893 bits per heavy atom. The summed E-state index contributed by atoms with van der Waals surface area (Å²) >= 11 is 0. The predicted octanol–water partition coefficient (Wildman–Crippen LogP) is 23.2. The van der Waals surface area contributed by atoms with E-state index in [1.165, 1.54) is 96.9 Å². The smallest absolute Gasteiger partial charge is 0.159 e. The highest BCUT2D eigenvalue weighted by molar-refractivity contribution is 6.30. The molecule has 4 heteroatoms. The molecule has 1 aromatic heterocycles. The van der Waals surface area contributed by atoms with Crippen LogP contribution in [0.15, 0.2) is 217 Å². The van der Waals surface area contributed by atoms with Gasteiger partial charge in [0, 0.05) is 44.0 Å². The van der Waals surface area contributed by atoms with E-state index in [2.05, 4.69) is 250 Å². The molecule has 412 valence electrons. The molecule has 0 bridgehead atoms. The molecule has 1 N–H and O–H groups in total. The summed E-state index contributed by atoms with van der Waals surface area (Å²) in [6.45, 7) is 8.87. The Bertz CT molecular complexity index is 4660. The molecule has 13 aromatic rings. The van der Waals surface area contributed by atoms with Crippen LogP contribution in [-0.2, 0) is 12.8 Å². The standard InChI is InChI=1S/C80H70N2O2/c1-5-52-24-12-14-33-59(52)56-30-18-31-57(47-56)61-35-20-40-72(78(61)83)82(71-39-16-7-23-51(71)4)75-49-70(55-28-10-11-29-55)63-42-44-67-74(48-69(54-26-8-9-27-54)62-43-45-68(75)77(63)76(62)67)81(58-32-17-22-50(3)46-58)73-41-21-38-66-65-37-19-36-64(79(65)84-80(66)73)60-34-15-13-25-53(60)6-2/h7,12-25,30-49,54-55,83H,5-6,8-11,26-29H2,1-4H3. The Hall–Kier alpha value is -9.12. The van der Waals surface area contributed by atoms with Crippen LogP contribution in [0.1, 0.15) is 110 Å². The van der Waals surface area contributed by atoms with Gasteiger partial charge in [0.05, 0.1) is 22.7 Å². The average Bonchev–Trinajstić information content (AvgIpc) is 0.999. The van der Waals surface area contributed by atoms with Crippen LogP contribution in [0.5, 0.6) is 5.75 Å². The van der Waals surface area contributed by atoms with Gasteiger partial charge in [0.1, 0.15) is 11.3 Å². The molecule has 2 aliphatic rings. The molecular weight excluding hydrogens is 1020 g/mol. The number of furan rings is 1. The lowest BCUT2D eigenvalue weighted by Crippen LogP contribution is -2.14. The number of hydrogen-bond donors (Lipinski definition) is 1. The van der Waals surface area contributed by atoms with E-state index in [4.69, 9.17) is 4.42 Å². The molecule has 2 aliphatic carbocycles. The molecule has 0 aliphatic heterocycles. The number of aryl methyl sites for hydroxylation is 4. The largest absolute Gasteiger partial charge is 0.505 e. The van der Waals surface area contributed by atoms with Crippen molar-refractivity contribution >= 4 is 88.4 Å². The first-order chi connectivity index (χ1) is 41.3. The third kappa shape index (κ3) is 8.55. The minimum Gasteiger partial charge on any atom is -0.505 e. The molecule has 84 heavy (non-hydrogen) atoms. The Morgan fingerprint density at radius 1 is 0.393 bits per heavy atom. The van der Waals surface area contributed by atoms with Gasteiger partial charge in [0.25, 0.3) is 0 Å². The normalized spacial score (nSPS) is 14.1. The molecule has 0 saturated heterocycles. The second kappa shape index (κ2) is 21.3. The monoisotopic (exact) mass is 1090 g/mol. The number of phenolic OH excluding ortho intramolecular Hbond substituents is 1. The van der Waals surface area contributed by atoms with Crippen molar-refractivity contribution in [3.8, 4) is 39.1 Å². The molecule has 2 saturated carbocycles. The quantitative estimate of drug-likeness (QED) is 0.117. The summed E-state index contributed by atoms with van der Waals surface area (Å²) in [5, 5.41) is 23.1. The number of fused-ring (bicyclic) bond motifs is 3. The summed E-state index contributed by atoms with van der Waals surface area (Å²) in [5.41, 5.74) is 22.2. The highest BCUT2D eigenvalue weighted by atomic mass is 16.3. The van der Waals surface area contributed by atoms with Crippen LogP contribution in [0.2, 0.25) is 0 Å². The molecule has 15 rings (SSSR count). The van der Waals surface area contributed by atoms with Crippen LogP contribution < -0.4 is 9.80 Å². The van der Waals surface area contributed by atoms with E-state index in [0.29, 0.717) is 11.8 Å². The molecule has 2 fully saturated rings. The van der Waals surface area contributed by atoms with Crippen LogP contribution in [-0.4, -0.2) is 5.11 Å². The van der Waals surface area contributed by atoms with Crippen molar-refractivity contribution in [3.63, 3.8) is 0 Å². The Morgan fingerprint density at radius 3 is 1.56 bits per heavy atom. The summed E-state index contributed by atoms with van der Waals surface area (Å²) in [6.07, 6.45) is 11.4. The zero-order valence-corrected chi connectivity index (χ0v) is 48.7. The lowest BCUT2D eigenvalue weighted by molar-refractivity contribution is 0.478. The van der Waals surface area contributed by atoms with Crippen molar-refractivity contribution in [2.45, 2.75) is 104 Å². The Labute approximate surface area is 493 Å². The number of anilines is 6. The van der Waals surface area contributed by atoms with Gasteiger partial charge in [0.2, 0.25) is 0 Å². The number of rotatable bonds is 13. The maximum atomic E-state index is 13.2. The van der Waals surface area contributed by atoms with Crippen LogP contribution in [0.4, 0.5) is 34.1 Å². The fourth-order valence-corrected chi connectivity index (χ4v) is 15.1. The molecular formula is C80H70N2O2. The molecule has 1 heterocycles. The minimum atomic E-state index is 0.260. The minimum absolute atomic E-state index is 0.260. The molecule has 12 aromatic carbocycles. The summed E-state index contributed by atoms with van der Waals surface area (Å²) < 4.78 is 7.40. The number of hydrogen-bond acceptors (Lipinski definition) is 4. The first-order valence-electron chi connectivity index (χ1n) is 30.9. The van der Waals surface area contributed by atoms with E-state index in [1.807, 2.05) is 0 Å². The Balaban J connectivity index is 1.01. The first kappa shape index (κ1) is 51.7. The van der Waals surface area contributed by atoms with Crippen molar-refractivity contribution in [1.82, 2.24) is 0 Å². The summed E-state index contributed by atoms with van der Waals surface area (Å²) in [6, 6.07) is 78.5. The Kier molecular flexibility index (Phi) is 13.1. The van der Waals surface area contributed by atoms with Crippen molar-refractivity contribution in [2.24, 2.45) is 0 Å². The number of benzene rings is 12. The van der Waals surface area contributed by atoms with E-state index in [9.17, 15) is 5.11 Å². The van der Waals surface area contributed by atoms with Crippen LogP contribution in [0.25, 0.3) is 87.6 Å². The maximum Gasteiger partial charge on any atom is 0.159 e. The molecule has 0 atom stereocenters. The highest BCUT2D eigenvalue weighted by Crippen LogP contribution is 2.56. The zero-order chi connectivity index (χ0) is 56.6. The van der Waals surface area contributed by atoms with Gasteiger partial charge in [-0.2, -0.15) is 0 Å². The third-order valence-corrected chi connectivity index (χ3v) is 19.2. The van der Waals surface area contributed by atoms with Gasteiger partial charge in [-0.3, -0.25) is 0 Å². The van der Waals surface area contributed by atoms with E-state index >= 15 is 0 Å². The summed E-state index contributed by atoms with van der Waals surface area (Å²) in [7, 11) is 0. The molecule has 0 radical (unpaired) electrons. The van der Waals surface area contributed by atoms with Crippen molar-refractivity contribution < 1.29 is 9.52 Å². The number of nitrogens with zero attached hydrogens (tertiary/aromatic N) is 2. The van der Waals surface area contributed by atoms with E-state index < -0.39 is 0 Å². The molecule has 0 amide bonds. The maximum absolute atomic E-state index is 13.2. The van der Waals surface area contributed by atoms with Crippen molar-refractivity contribution in [2.75, 3.05) is 9.80 Å². The molecule has 0 unspecified atom stereocenters. The zero-order valence-electron chi connectivity index (χ0n) is 48.7. The van der Waals surface area contributed by atoms with Gasteiger partial charge in [-0.25, -0.2) is 0 Å². The van der Waals surface area contributed by atoms with Gasteiger partial charge >= 0.3 is 0 Å². The molecule has 0 spiro atoms. The topological polar surface area (TPSA) is 39.9 Å². The summed E-state index contributed by atoms with van der Waals surface area (Å²) in [5.74, 6) is 1.08. The number of phenols is 1. The van der Waals surface area contributed by atoms with Gasteiger partial charge in [-0.1, -0.05) is 203 Å².